The topological polar surface area (TPSA) is 12.9 Å². The van der Waals surface area contributed by atoms with Crippen LogP contribution < -0.4 is 0 Å². The standard InChI is InChI=1S/C25H21NS/c1-25(2,3)21-15-17(14-16-8-4-5-9-18(16)21)23-20-12-13-27-24(20)19-10-6-7-11-22(19)26-23/h4-15H,1-3H3. The zero-order valence-corrected chi connectivity index (χ0v) is 16.6. The minimum absolute atomic E-state index is 0.0697. The van der Waals surface area contributed by atoms with Gasteiger partial charge in [0.2, 0.25) is 0 Å². The van der Waals surface area contributed by atoms with Gasteiger partial charge in [0, 0.05) is 21.0 Å². The summed E-state index contributed by atoms with van der Waals surface area (Å²) in [6.07, 6.45) is 0. The molecule has 2 heterocycles. The summed E-state index contributed by atoms with van der Waals surface area (Å²) in [4.78, 5) is 5.08. The fourth-order valence-corrected chi connectivity index (χ4v) is 4.87. The number of thiophene rings is 1. The number of benzene rings is 3. The van der Waals surface area contributed by atoms with Crippen molar-refractivity contribution in [3.8, 4) is 11.3 Å². The van der Waals surface area contributed by atoms with Gasteiger partial charge < -0.3 is 0 Å². The van der Waals surface area contributed by atoms with E-state index in [1.807, 2.05) is 0 Å². The molecule has 2 aromatic heterocycles. The Morgan fingerprint density at radius 1 is 0.778 bits per heavy atom. The maximum absolute atomic E-state index is 5.08. The van der Waals surface area contributed by atoms with Gasteiger partial charge in [-0.3, -0.25) is 0 Å². The highest BCUT2D eigenvalue weighted by molar-refractivity contribution is 7.18. The van der Waals surface area contributed by atoms with Crippen LogP contribution in [0, 0.1) is 0 Å². The lowest BCUT2D eigenvalue weighted by atomic mass is 9.82. The molecule has 0 N–H and O–H groups in total. The normalized spacial score (nSPS) is 12.3. The van der Waals surface area contributed by atoms with E-state index in [0.717, 1.165) is 11.2 Å². The fourth-order valence-electron chi connectivity index (χ4n) is 3.94. The summed E-state index contributed by atoms with van der Waals surface area (Å²) in [5.74, 6) is 0. The molecule has 27 heavy (non-hydrogen) atoms. The van der Waals surface area contributed by atoms with Crippen LogP contribution in [0.3, 0.4) is 0 Å². The van der Waals surface area contributed by atoms with Crippen molar-refractivity contribution >= 4 is 43.1 Å². The molecule has 0 aliphatic heterocycles. The molecule has 0 aliphatic carbocycles. The molecule has 0 fully saturated rings. The predicted molar refractivity (Wildman–Crippen MR) is 119 cm³/mol. The molecule has 0 spiro atoms. The van der Waals surface area contributed by atoms with Crippen LogP contribution in [0.2, 0.25) is 0 Å². The molecule has 2 heteroatoms. The smallest absolute Gasteiger partial charge is 0.0796 e. The molecule has 5 aromatic rings. The van der Waals surface area contributed by atoms with Crippen LogP contribution in [0.1, 0.15) is 26.3 Å². The fraction of sp³-hybridized carbons (Fsp3) is 0.160. The van der Waals surface area contributed by atoms with Gasteiger partial charge in [0.15, 0.2) is 0 Å². The van der Waals surface area contributed by atoms with Gasteiger partial charge >= 0.3 is 0 Å². The SMILES string of the molecule is CC(C)(C)c1cc(-c2nc3ccccc3c3sccc23)cc2ccccc12. The van der Waals surface area contributed by atoms with Crippen LogP contribution in [-0.2, 0) is 5.41 Å². The predicted octanol–water partition coefficient (Wildman–Crippen LogP) is 7.57. The van der Waals surface area contributed by atoms with E-state index in [2.05, 4.69) is 92.9 Å². The van der Waals surface area contributed by atoms with E-state index in [1.165, 1.54) is 37.4 Å². The van der Waals surface area contributed by atoms with Crippen molar-refractivity contribution in [2.45, 2.75) is 26.2 Å². The molecule has 3 aromatic carbocycles. The van der Waals surface area contributed by atoms with Crippen LogP contribution >= 0.6 is 11.3 Å². The molecule has 0 radical (unpaired) electrons. The van der Waals surface area contributed by atoms with E-state index in [9.17, 15) is 0 Å². The van der Waals surface area contributed by atoms with Crippen molar-refractivity contribution < 1.29 is 0 Å². The molecule has 5 rings (SSSR count). The van der Waals surface area contributed by atoms with Crippen molar-refractivity contribution in [1.29, 1.82) is 0 Å². The molecular weight excluding hydrogens is 346 g/mol. The van der Waals surface area contributed by atoms with E-state index in [4.69, 9.17) is 4.98 Å². The highest BCUT2D eigenvalue weighted by Crippen LogP contribution is 2.39. The average molecular weight is 368 g/mol. The molecular formula is C25H21NS. The lowest BCUT2D eigenvalue weighted by molar-refractivity contribution is 0.596. The molecule has 0 saturated carbocycles. The number of fused-ring (bicyclic) bond motifs is 4. The average Bonchev–Trinajstić information content (AvgIpc) is 3.16. The summed E-state index contributed by atoms with van der Waals surface area (Å²) < 4.78 is 1.32. The molecule has 0 aliphatic rings. The van der Waals surface area contributed by atoms with Crippen LogP contribution in [0.5, 0.6) is 0 Å². The Morgan fingerprint density at radius 3 is 2.33 bits per heavy atom. The Hall–Kier alpha value is -2.71. The number of pyridine rings is 1. The van der Waals surface area contributed by atoms with Crippen LogP contribution in [0.15, 0.2) is 72.1 Å². The minimum atomic E-state index is 0.0697. The summed E-state index contributed by atoms with van der Waals surface area (Å²) in [7, 11) is 0. The number of hydrogen-bond donors (Lipinski definition) is 0. The molecule has 0 saturated heterocycles. The molecule has 0 bridgehead atoms. The molecule has 1 nitrogen and oxygen atoms in total. The third-order valence-electron chi connectivity index (χ3n) is 5.24. The number of nitrogens with zero attached hydrogens (tertiary/aromatic N) is 1. The third kappa shape index (κ3) is 2.64. The Kier molecular flexibility index (Phi) is 3.60. The second-order valence-corrected chi connectivity index (χ2v) is 9.05. The zero-order valence-electron chi connectivity index (χ0n) is 15.8. The summed E-state index contributed by atoms with van der Waals surface area (Å²) in [6.45, 7) is 6.85. The maximum Gasteiger partial charge on any atom is 0.0796 e. The van der Waals surface area contributed by atoms with Gasteiger partial charge in [-0.05, 0) is 51.4 Å². The number of rotatable bonds is 1. The number of aromatic nitrogens is 1. The molecule has 0 atom stereocenters. The Morgan fingerprint density at radius 2 is 1.52 bits per heavy atom. The lowest BCUT2D eigenvalue weighted by Gasteiger charge is -2.23. The first-order chi connectivity index (χ1) is 13.0. The first kappa shape index (κ1) is 16.5. The number of hydrogen-bond acceptors (Lipinski definition) is 2. The third-order valence-corrected chi connectivity index (χ3v) is 6.19. The quantitative estimate of drug-likeness (QED) is 0.298. The Balaban J connectivity index is 1.89. The van der Waals surface area contributed by atoms with Crippen molar-refractivity contribution in [2.24, 2.45) is 0 Å². The Labute approximate surface area is 163 Å². The molecule has 0 unspecified atom stereocenters. The summed E-state index contributed by atoms with van der Waals surface area (Å²) in [5, 5.41) is 7.26. The van der Waals surface area contributed by atoms with Gasteiger partial charge in [-0.25, -0.2) is 4.98 Å². The van der Waals surface area contributed by atoms with Gasteiger partial charge in [0.1, 0.15) is 0 Å². The first-order valence-corrected chi connectivity index (χ1v) is 10.2. The van der Waals surface area contributed by atoms with Crippen molar-refractivity contribution in [3.63, 3.8) is 0 Å². The van der Waals surface area contributed by atoms with Crippen molar-refractivity contribution in [1.82, 2.24) is 4.98 Å². The molecule has 132 valence electrons. The van der Waals surface area contributed by atoms with Crippen molar-refractivity contribution in [3.05, 3.63) is 77.7 Å². The number of para-hydroxylation sites is 1. The summed E-state index contributed by atoms with van der Waals surface area (Å²) in [6, 6.07) is 24.0. The van der Waals surface area contributed by atoms with E-state index in [0.29, 0.717) is 0 Å². The van der Waals surface area contributed by atoms with Crippen LogP contribution in [0.4, 0.5) is 0 Å². The second kappa shape index (κ2) is 5.90. The van der Waals surface area contributed by atoms with Gasteiger partial charge in [0.05, 0.1) is 11.2 Å². The largest absolute Gasteiger partial charge is 0.247 e. The minimum Gasteiger partial charge on any atom is -0.247 e. The first-order valence-electron chi connectivity index (χ1n) is 9.32. The van der Waals surface area contributed by atoms with Gasteiger partial charge in [-0.2, -0.15) is 0 Å². The van der Waals surface area contributed by atoms with Gasteiger partial charge in [-0.1, -0.05) is 63.2 Å². The maximum atomic E-state index is 5.08. The highest BCUT2D eigenvalue weighted by atomic mass is 32.1. The second-order valence-electron chi connectivity index (χ2n) is 8.14. The summed E-state index contributed by atoms with van der Waals surface area (Å²) >= 11 is 1.80. The summed E-state index contributed by atoms with van der Waals surface area (Å²) in [5.41, 5.74) is 4.79. The van der Waals surface area contributed by atoms with E-state index in [-0.39, 0.29) is 5.41 Å². The van der Waals surface area contributed by atoms with Crippen molar-refractivity contribution in [2.75, 3.05) is 0 Å². The van der Waals surface area contributed by atoms with E-state index < -0.39 is 0 Å². The van der Waals surface area contributed by atoms with Crippen LogP contribution in [-0.4, -0.2) is 4.98 Å². The highest BCUT2D eigenvalue weighted by Gasteiger charge is 2.20. The van der Waals surface area contributed by atoms with E-state index in [1.54, 1.807) is 11.3 Å². The van der Waals surface area contributed by atoms with Gasteiger partial charge in [-0.15, -0.1) is 11.3 Å². The molecule has 0 amide bonds. The lowest BCUT2D eigenvalue weighted by Crippen LogP contribution is -2.12. The van der Waals surface area contributed by atoms with Gasteiger partial charge in [0.25, 0.3) is 0 Å². The van der Waals surface area contributed by atoms with E-state index >= 15 is 0 Å². The zero-order chi connectivity index (χ0) is 18.6. The Bertz CT molecular complexity index is 1300. The van der Waals surface area contributed by atoms with Crippen LogP contribution in [0.25, 0.3) is 43.0 Å². The monoisotopic (exact) mass is 367 g/mol.